The Balaban J connectivity index is 0.717. The highest BCUT2D eigenvalue weighted by molar-refractivity contribution is 7.80. The molecule has 5 aromatic rings. The van der Waals surface area contributed by atoms with Gasteiger partial charge in [0, 0.05) is 92.7 Å². The molecule has 33 heteroatoms. The lowest BCUT2D eigenvalue weighted by Crippen LogP contribution is -2.62. The Kier molecular flexibility index (Phi) is 36.7. The molecule has 3 aliphatic heterocycles. The first kappa shape index (κ1) is 106. The largest absolute Gasteiger partial charge is 0.508 e. The van der Waals surface area contributed by atoms with Crippen molar-refractivity contribution in [2.75, 3.05) is 44.7 Å². The number of carbonyl (C=O) groups excluding carboxylic acids is 13. The van der Waals surface area contributed by atoms with Crippen molar-refractivity contribution in [1.82, 2.24) is 72.9 Å². The van der Waals surface area contributed by atoms with Crippen LogP contribution in [-0.4, -0.2) is 230 Å². The van der Waals surface area contributed by atoms with E-state index in [0.717, 1.165) is 35.4 Å². The van der Waals surface area contributed by atoms with Crippen LogP contribution in [0.1, 0.15) is 215 Å². The number of aromatic hydroxyl groups is 1. The first-order valence-electron chi connectivity index (χ1n) is 49.7. The fraction of sp³-hybridized carbons (Fsp3) is 0.590. The maximum Gasteiger partial charge on any atom is 0.407 e. The number of esters is 1. The minimum atomic E-state index is -1.63. The molecule has 19 atom stereocenters. The SMILES string of the molecule is CC(C)CCCC(C)C1CCC2C3CC=C4CC(OC(=O)CNC(=O)[C@@H](NC(=O)[C@H](CS)NC(=O)[C@@H](NC(=O)[C@H](CCCCNC(=O)OC(C)(C)C)NC(=O)[C@@H](Cc5c[nH]c6ccccc56)NC(=O)[C@H](Cc5ccc(O)cc5)NC(=O)[C@H](CS)NC(=O)[C@@H](Cc5ccc6ccccc6c5)NC(=O)[C@@H]5CCCN5C(=O)[C@@H]5CCCN5C(=O)C5=CN(C)C=CC5)C(C)C)[C@@H](C)O)CCC4(C)C3CCC12C. The van der Waals surface area contributed by atoms with Gasteiger partial charge in [0.2, 0.25) is 59.1 Å². The van der Waals surface area contributed by atoms with E-state index < -0.39 is 156 Å². The number of aliphatic hydroxyl groups excluding tert-OH is 1. The Morgan fingerprint density at radius 1 is 0.587 bits per heavy atom. The predicted octanol–water partition coefficient (Wildman–Crippen LogP) is 10.3. The second kappa shape index (κ2) is 47.8. The monoisotopic (exact) mass is 1940 g/mol. The first-order chi connectivity index (χ1) is 65.7. The van der Waals surface area contributed by atoms with Gasteiger partial charge in [-0.3, -0.25) is 57.5 Å². The van der Waals surface area contributed by atoms with Crippen molar-refractivity contribution in [1.29, 1.82) is 0 Å². The number of nitrogens with zero attached hydrogens (tertiary/aromatic N) is 3. The number of H-pyrrole nitrogens is 1. The van der Waals surface area contributed by atoms with E-state index in [1.54, 1.807) is 75.0 Å². The molecule has 2 saturated heterocycles. The summed E-state index contributed by atoms with van der Waals surface area (Å²) in [5.41, 5.74) is 3.69. The van der Waals surface area contributed by atoms with Crippen LogP contribution in [0.2, 0.25) is 0 Å². The topological polar surface area (TPSA) is 427 Å². The van der Waals surface area contributed by atoms with Crippen molar-refractivity contribution >= 4 is 124 Å². The van der Waals surface area contributed by atoms with Gasteiger partial charge in [0.15, 0.2) is 0 Å². The minimum absolute atomic E-state index is 0.00834. The third-order valence-electron chi connectivity index (χ3n) is 29.7. The summed E-state index contributed by atoms with van der Waals surface area (Å²) in [4.78, 5) is 198. The van der Waals surface area contributed by atoms with Gasteiger partial charge in [0.1, 0.15) is 84.4 Å². The van der Waals surface area contributed by atoms with E-state index in [4.69, 9.17) is 9.47 Å². The number of unbranched alkanes of at least 4 members (excludes halogenated alkanes) is 1. The number of ether oxygens (including phenoxy) is 2. The van der Waals surface area contributed by atoms with Crippen LogP contribution in [0.25, 0.3) is 21.7 Å². The number of likely N-dealkylation sites (tertiary alicyclic amines) is 2. The third-order valence-corrected chi connectivity index (χ3v) is 30.4. The molecule has 0 spiro atoms. The molecular weight excluding hydrogens is 1790 g/mol. The van der Waals surface area contributed by atoms with Crippen molar-refractivity contribution in [3.63, 3.8) is 0 Å². The zero-order valence-corrected chi connectivity index (χ0v) is 83.9. The second-order valence-electron chi connectivity index (χ2n) is 41.6. The highest BCUT2D eigenvalue weighted by Crippen LogP contribution is 2.67. The Labute approximate surface area is 822 Å². The number of para-hydroxylation sites is 1. The molecule has 12 amide bonds. The summed E-state index contributed by atoms with van der Waals surface area (Å²) in [6, 6.07) is 12.3. The van der Waals surface area contributed by atoms with E-state index in [1.807, 2.05) is 67.9 Å². The van der Waals surface area contributed by atoms with Gasteiger partial charge in [-0.1, -0.05) is 158 Å². The van der Waals surface area contributed by atoms with Crippen LogP contribution in [-0.2, 0) is 86.3 Å². The molecule has 8 unspecified atom stereocenters. The highest BCUT2D eigenvalue weighted by atomic mass is 32.1. The van der Waals surface area contributed by atoms with E-state index in [0.29, 0.717) is 107 Å². The maximum atomic E-state index is 15.6. The summed E-state index contributed by atoms with van der Waals surface area (Å²) in [5.74, 6) is -6.56. The number of allylic oxidation sites excluding steroid dienone is 2. The van der Waals surface area contributed by atoms with Gasteiger partial charge in [-0.2, -0.15) is 25.3 Å². The number of amides is 12. The molecule has 0 bridgehead atoms. The molecule has 4 aliphatic carbocycles. The number of phenols is 1. The molecule has 13 N–H and O–H groups in total. The van der Waals surface area contributed by atoms with Crippen LogP contribution in [0.3, 0.4) is 0 Å². The Bertz CT molecular complexity index is 5280. The van der Waals surface area contributed by atoms with Crippen LogP contribution < -0.4 is 53.2 Å². The molecule has 0 radical (unpaired) electrons. The molecule has 12 rings (SSSR count). The number of alkyl carbamates (subject to hydrolysis) is 1. The number of nitrogens with one attached hydrogen (secondary N) is 11. The summed E-state index contributed by atoms with van der Waals surface area (Å²) >= 11 is 8.97. The number of aliphatic hydroxyl groups is 1. The fourth-order valence-corrected chi connectivity index (χ4v) is 22.9. The molecule has 4 heterocycles. The lowest BCUT2D eigenvalue weighted by Gasteiger charge is -2.58. The number of aromatic nitrogens is 1. The van der Waals surface area contributed by atoms with E-state index >= 15 is 24.0 Å². The number of rotatable bonds is 42. The number of thiol groups is 2. The zero-order chi connectivity index (χ0) is 99.6. The Morgan fingerprint density at radius 2 is 1.20 bits per heavy atom. The Morgan fingerprint density at radius 3 is 1.88 bits per heavy atom. The van der Waals surface area contributed by atoms with Crippen LogP contribution in [0, 0.1) is 52.3 Å². The second-order valence-corrected chi connectivity index (χ2v) is 42.3. The van der Waals surface area contributed by atoms with Crippen molar-refractivity contribution < 1.29 is 82.0 Å². The quantitative estimate of drug-likeness (QED) is 0.00747. The summed E-state index contributed by atoms with van der Waals surface area (Å²) in [6.07, 6.45) is 20.8. The van der Waals surface area contributed by atoms with Gasteiger partial charge >= 0.3 is 12.1 Å². The number of fused-ring (bicyclic) bond motifs is 7. The molecule has 750 valence electrons. The average Bonchev–Trinajstić information content (AvgIpc) is 1.47. The number of aromatic amines is 1. The number of phenolic OH excluding ortho intramolecular Hbond substituents is 1. The fourth-order valence-electron chi connectivity index (χ4n) is 22.3. The summed E-state index contributed by atoms with van der Waals surface area (Å²) in [6.45, 7) is 21.9. The van der Waals surface area contributed by atoms with E-state index in [9.17, 15) is 48.6 Å². The number of hydrogen-bond acceptors (Lipinski definition) is 20. The first-order valence-corrected chi connectivity index (χ1v) is 51.0. The molecule has 1 aromatic heterocycles. The maximum absolute atomic E-state index is 15.6. The molecular formula is C105H146N14O17S2. The van der Waals surface area contributed by atoms with E-state index in [2.05, 4.69) is 124 Å². The third kappa shape index (κ3) is 27.0. The minimum Gasteiger partial charge on any atom is -0.508 e. The van der Waals surface area contributed by atoms with Gasteiger partial charge in [-0.15, -0.1) is 0 Å². The van der Waals surface area contributed by atoms with Crippen molar-refractivity contribution in [2.24, 2.45) is 52.3 Å². The molecule has 4 aromatic carbocycles. The van der Waals surface area contributed by atoms with Crippen molar-refractivity contribution in [3.05, 3.63) is 150 Å². The summed E-state index contributed by atoms with van der Waals surface area (Å²) < 4.78 is 11.5. The zero-order valence-electron chi connectivity index (χ0n) is 82.1. The lowest BCUT2D eigenvalue weighted by atomic mass is 9.47. The smallest absolute Gasteiger partial charge is 0.407 e. The van der Waals surface area contributed by atoms with E-state index in [-0.39, 0.29) is 92.5 Å². The summed E-state index contributed by atoms with van der Waals surface area (Å²) in [5, 5.41) is 51.3. The van der Waals surface area contributed by atoms with E-state index in [1.165, 1.54) is 86.6 Å². The standard InChI is InChI=1S/C105H146N14O17S2/c1-61(2)23-19-24-63(5)76-41-42-77-75-40-37-71-55-73(43-45-104(71,10)78(75)44-46-105(76,77)11)135-88(122)57-108-98(130)90(64(6)120)116-96(128)85(60-138)114-99(131)89(62(3)4)115-91(123)80(30-17-18-47-106-102(134)136-103(7,8)9)109-94(126)83(54-70-56-107-79-29-16-15-28-74(70)79)111-92(124)81(52-65-34-38-72(121)39-35-65)110-95(127)84(59-137)113-93(125)82(53-66-33-36-67-25-13-14-26-68(67)51-66)112-97(129)86-31-21-49-118(86)101(133)87-32-22-50-119(87)100(132)69-27-20-48-117(12)58-69/h13-16,20,25-26,28-29,33-39,48,51,56,58,61-64,73,75-78,80-87,89-90,107,120-121,137-138H,17-19,21-24,27,30-32,40-47,49-50,52-55,57,59-60H2,1-12H3,(H,106,134)(H,108,130)(H,109,126)(H,110,127)(H,111,124)(H,112,129)(H,113,125)(H,114,131)(H,115,123)(H,116,128)/t63?,64-,73?,75?,76?,77?,78?,80+,81+,82-,83-,84+,85+,86+,87+,89+,90+,104?,105?/m1/s1. The van der Waals surface area contributed by atoms with Crippen LogP contribution in [0.4, 0.5) is 4.79 Å². The van der Waals surface area contributed by atoms with Crippen molar-refractivity contribution in [3.8, 4) is 5.75 Å². The predicted molar refractivity (Wildman–Crippen MR) is 534 cm³/mol. The van der Waals surface area contributed by atoms with Gasteiger partial charge in [-0.05, 0) is 228 Å². The van der Waals surface area contributed by atoms with Gasteiger partial charge in [0.25, 0.3) is 5.91 Å². The number of benzene rings is 4. The van der Waals surface area contributed by atoms with Gasteiger partial charge in [-0.25, -0.2) is 4.79 Å². The van der Waals surface area contributed by atoms with Gasteiger partial charge < -0.3 is 92.5 Å². The molecule has 138 heavy (non-hydrogen) atoms. The summed E-state index contributed by atoms with van der Waals surface area (Å²) in [7, 11) is 1.81. The number of carbonyl (C=O) groups is 13. The van der Waals surface area contributed by atoms with Gasteiger partial charge in [0.05, 0.1) is 6.10 Å². The Hall–Kier alpha value is -10.9. The normalized spacial score (nSPS) is 23.4. The number of hydrogen-bond donors (Lipinski definition) is 15. The highest BCUT2D eigenvalue weighted by Gasteiger charge is 2.60. The molecule has 5 fully saturated rings. The van der Waals surface area contributed by atoms with Crippen molar-refractivity contribution in [2.45, 2.75) is 296 Å². The average molecular weight is 1940 g/mol. The van der Waals surface area contributed by atoms with Crippen LogP contribution in [0.15, 0.2) is 133 Å². The molecule has 3 saturated carbocycles. The molecule has 7 aliphatic rings. The molecule has 31 nitrogen and oxygen atoms in total. The van der Waals surface area contributed by atoms with Crippen LogP contribution >= 0.6 is 25.3 Å². The lowest BCUT2D eigenvalue weighted by molar-refractivity contribution is -0.151. The van der Waals surface area contributed by atoms with Crippen LogP contribution in [0.5, 0.6) is 5.75 Å².